The van der Waals surface area contributed by atoms with Crippen LogP contribution in [0.2, 0.25) is 0 Å². The second-order valence-corrected chi connectivity index (χ2v) is 5.49. The van der Waals surface area contributed by atoms with Crippen LogP contribution in [-0.4, -0.2) is 25.1 Å². The Balaban J connectivity index is 1.76. The van der Waals surface area contributed by atoms with Gasteiger partial charge in [-0.3, -0.25) is 0 Å². The van der Waals surface area contributed by atoms with Gasteiger partial charge in [-0.25, -0.2) is 4.68 Å². The lowest BCUT2D eigenvalue weighted by molar-refractivity contribution is 0.356. The molecule has 7 nitrogen and oxygen atoms in total. The fraction of sp³-hybridized carbons (Fsp3) is 0.667. The Hall–Kier alpha value is -1.92. The van der Waals surface area contributed by atoms with Crippen LogP contribution in [0, 0.1) is 5.92 Å². The van der Waals surface area contributed by atoms with Crippen molar-refractivity contribution in [2.75, 3.05) is 5.73 Å². The van der Waals surface area contributed by atoms with Gasteiger partial charge in [0.1, 0.15) is 6.54 Å². The molecular weight excluding hydrogens is 244 g/mol. The highest BCUT2D eigenvalue weighted by atomic mass is 16.5. The monoisotopic (exact) mass is 262 g/mol. The summed E-state index contributed by atoms with van der Waals surface area (Å²) in [6.45, 7) is 4.69. The van der Waals surface area contributed by atoms with Crippen molar-refractivity contribution in [3.63, 3.8) is 0 Å². The second kappa shape index (κ2) is 4.64. The lowest BCUT2D eigenvalue weighted by Gasteiger charge is -2.01. The summed E-state index contributed by atoms with van der Waals surface area (Å²) in [5.41, 5.74) is 6.85. The molecule has 2 heterocycles. The molecular formula is C12H18N6O. The standard InChI is InChI=1S/C12H18N6O/c1-7(2)5-9-14-10(19-16-9)6-18-11(8-3-4-8)12(13)15-17-18/h7-8H,3-6,13H2,1-2H3. The minimum Gasteiger partial charge on any atom is -0.381 e. The number of aromatic nitrogens is 5. The maximum Gasteiger partial charge on any atom is 0.248 e. The van der Waals surface area contributed by atoms with Gasteiger partial charge in [0.15, 0.2) is 11.6 Å². The Morgan fingerprint density at radius 3 is 2.89 bits per heavy atom. The highest BCUT2D eigenvalue weighted by Crippen LogP contribution is 2.41. The molecule has 1 fully saturated rings. The topological polar surface area (TPSA) is 95.7 Å². The Morgan fingerprint density at radius 1 is 1.42 bits per heavy atom. The van der Waals surface area contributed by atoms with E-state index in [0.717, 1.165) is 30.8 Å². The molecule has 0 bridgehead atoms. The Labute approximate surface area is 111 Å². The first kappa shape index (κ1) is 12.1. The van der Waals surface area contributed by atoms with E-state index in [2.05, 4.69) is 34.3 Å². The molecule has 0 unspecified atom stereocenters. The SMILES string of the molecule is CC(C)Cc1noc(Cn2nnc(N)c2C2CC2)n1. The number of rotatable bonds is 5. The van der Waals surface area contributed by atoms with Crippen molar-refractivity contribution in [1.29, 1.82) is 0 Å². The number of nitrogens with zero attached hydrogens (tertiary/aromatic N) is 5. The van der Waals surface area contributed by atoms with Crippen molar-refractivity contribution in [3.8, 4) is 0 Å². The van der Waals surface area contributed by atoms with Crippen molar-refractivity contribution in [1.82, 2.24) is 25.1 Å². The first-order valence-corrected chi connectivity index (χ1v) is 6.63. The summed E-state index contributed by atoms with van der Waals surface area (Å²) in [4.78, 5) is 4.37. The number of nitrogen functional groups attached to an aromatic ring is 1. The molecule has 3 rings (SSSR count). The van der Waals surface area contributed by atoms with Crippen molar-refractivity contribution in [2.45, 2.75) is 45.6 Å². The maximum absolute atomic E-state index is 5.85. The first-order chi connectivity index (χ1) is 9.13. The molecule has 1 aliphatic rings. The molecule has 2 N–H and O–H groups in total. The van der Waals surface area contributed by atoms with Crippen LogP contribution >= 0.6 is 0 Å². The predicted octanol–water partition coefficient (Wildman–Crippen LogP) is 1.37. The van der Waals surface area contributed by atoms with Gasteiger partial charge in [0.2, 0.25) is 5.89 Å². The molecule has 0 radical (unpaired) electrons. The number of anilines is 1. The molecule has 1 aliphatic carbocycles. The van der Waals surface area contributed by atoms with Gasteiger partial charge >= 0.3 is 0 Å². The zero-order valence-electron chi connectivity index (χ0n) is 11.2. The van der Waals surface area contributed by atoms with Crippen molar-refractivity contribution in [3.05, 3.63) is 17.4 Å². The highest BCUT2D eigenvalue weighted by molar-refractivity contribution is 5.38. The second-order valence-electron chi connectivity index (χ2n) is 5.49. The predicted molar refractivity (Wildman–Crippen MR) is 68.4 cm³/mol. The van der Waals surface area contributed by atoms with Crippen LogP contribution in [0.1, 0.15) is 50.0 Å². The van der Waals surface area contributed by atoms with E-state index < -0.39 is 0 Å². The quantitative estimate of drug-likeness (QED) is 0.874. The molecule has 19 heavy (non-hydrogen) atoms. The highest BCUT2D eigenvalue weighted by Gasteiger charge is 2.31. The fourth-order valence-electron chi connectivity index (χ4n) is 2.16. The Bertz CT molecular complexity index is 569. The van der Waals surface area contributed by atoms with Gasteiger partial charge in [0, 0.05) is 12.3 Å². The van der Waals surface area contributed by atoms with E-state index >= 15 is 0 Å². The van der Waals surface area contributed by atoms with Gasteiger partial charge < -0.3 is 10.3 Å². The minimum absolute atomic E-state index is 0.446. The Kier molecular flexibility index (Phi) is 2.96. The zero-order valence-corrected chi connectivity index (χ0v) is 11.2. The summed E-state index contributed by atoms with van der Waals surface area (Å²) in [5, 5.41) is 12.0. The molecule has 0 saturated heterocycles. The van der Waals surface area contributed by atoms with Gasteiger partial charge in [0.25, 0.3) is 0 Å². The molecule has 102 valence electrons. The van der Waals surface area contributed by atoms with Gasteiger partial charge in [-0.15, -0.1) is 5.10 Å². The molecule has 0 atom stereocenters. The van der Waals surface area contributed by atoms with Gasteiger partial charge in [-0.05, 0) is 18.8 Å². The van der Waals surface area contributed by atoms with E-state index in [-0.39, 0.29) is 0 Å². The molecule has 2 aromatic heterocycles. The van der Waals surface area contributed by atoms with Crippen LogP contribution in [0.15, 0.2) is 4.52 Å². The molecule has 0 aromatic carbocycles. The number of hydrogen-bond donors (Lipinski definition) is 1. The van der Waals surface area contributed by atoms with E-state index in [4.69, 9.17) is 10.3 Å². The van der Waals surface area contributed by atoms with Crippen molar-refractivity contribution < 1.29 is 4.52 Å². The summed E-state index contributed by atoms with van der Waals surface area (Å²) in [5.74, 6) is 2.82. The molecule has 2 aromatic rings. The van der Waals surface area contributed by atoms with E-state index in [0.29, 0.717) is 30.1 Å². The average Bonchev–Trinajstić information content (AvgIpc) is 2.98. The summed E-state index contributed by atoms with van der Waals surface area (Å²) in [6, 6.07) is 0. The van der Waals surface area contributed by atoms with Crippen LogP contribution in [0.3, 0.4) is 0 Å². The third kappa shape index (κ3) is 2.59. The van der Waals surface area contributed by atoms with Gasteiger partial charge in [-0.1, -0.05) is 24.2 Å². The third-order valence-electron chi connectivity index (χ3n) is 3.15. The fourth-order valence-corrected chi connectivity index (χ4v) is 2.16. The van der Waals surface area contributed by atoms with E-state index in [1.54, 1.807) is 4.68 Å². The number of nitrogens with two attached hydrogens (primary N) is 1. The normalized spacial score (nSPS) is 15.3. The zero-order chi connectivity index (χ0) is 13.4. The van der Waals surface area contributed by atoms with Crippen LogP contribution in [0.5, 0.6) is 0 Å². The summed E-state index contributed by atoms with van der Waals surface area (Å²) in [7, 11) is 0. The van der Waals surface area contributed by atoms with E-state index in [1.165, 1.54) is 0 Å². The Morgan fingerprint density at radius 2 is 2.21 bits per heavy atom. The van der Waals surface area contributed by atoms with Gasteiger partial charge in [0.05, 0.1) is 5.69 Å². The minimum atomic E-state index is 0.446. The molecule has 1 saturated carbocycles. The van der Waals surface area contributed by atoms with Crippen LogP contribution < -0.4 is 5.73 Å². The molecule has 7 heteroatoms. The summed E-state index contributed by atoms with van der Waals surface area (Å²) < 4.78 is 7.02. The lowest BCUT2D eigenvalue weighted by atomic mass is 10.1. The van der Waals surface area contributed by atoms with E-state index in [1.807, 2.05) is 0 Å². The van der Waals surface area contributed by atoms with Crippen molar-refractivity contribution >= 4 is 5.82 Å². The summed E-state index contributed by atoms with van der Waals surface area (Å²) in [6.07, 6.45) is 3.12. The molecule has 0 aliphatic heterocycles. The van der Waals surface area contributed by atoms with Gasteiger partial charge in [-0.2, -0.15) is 4.98 Å². The summed E-state index contributed by atoms with van der Waals surface area (Å²) >= 11 is 0. The van der Waals surface area contributed by atoms with E-state index in [9.17, 15) is 0 Å². The first-order valence-electron chi connectivity index (χ1n) is 6.63. The number of hydrogen-bond acceptors (Lipinski definition) is 6. The largest absolute Gasteiger partial charge is 0.381 e. The third-order valence-corrected chi connectivity index (χ3v) is 3.15. The smallest absolute Gasteiger partial charge is 0.248 e. The van der Waals surface area contributed by atoms with Crippen molar-refractivity contribution in [2.24, 2.45) is 5.92 Å². The van der Waals surface area contributed by atoms with Crippen LogP contribution in [0.25, 0.3) is 0 Å². The average molecular weight is 262 g/mol. The van der Waals surface area contributed by atoms with Crippen LogP contribution in [0.4, 0.5) is 5.82 Å². The molecule has 0 spiro atoms. The lowest BCUT2D eigenvalue weighted by Crippen LogP contribution is -2.07. The van der Waals surface area contributed by atoms with Crippen LogP contribution in [-0.2, 0) is 13.0 Å². The molecule has 0 amide bonds. The maximum atomic E-state index is 5.85.